The highest BCUT2D eigenvalue weighted by molar-refractivity contribution is 7.20. The van der Waals surface area contributed by atoms with Crippen molar-refractivity contribution in [1.82, 2.24) is 14.7 Å². The number of carbonyl (C=O) groups is 1. The van der Waals surface area contributed by atoms with E-state index in [0.29, 0.717) is 12.5 Å². The van der Waals surface area contributed by atoms with Crippen molar-refractivity contribution in [3.63, 3.8) is 0 Å². The highest BCUT2D eigenvalue weighted by Gasteiger charge is 2.19. The Bertz CT molecular complexity index is 893. The third-order valence-electron chi connectivity index (χ3n) is 4.06. The molecule has 6 heteroatoms. The monoisotopic (exact) mass is 357 g/mol. The summed E-state index contributed by atoms with van der Waals surface area (Å²) in [6, 6.07) is 8.88. The second-order valence-corrected chi connectivity index (χ2v) is 7.85. The average Bonchev–Trinajstić information content (AvgIpc) is 3.10. The van der Waals surface area contributed by atoms with Gasteiger partial charge in [-0.25, -0.2) is 0 Å². The summed E-state index contributed by atoms with van der Waals surface area (Å²) in [5.74, 6) is 0.734. The molecule has 132 valence electrons. The predicted octanol–water partition coefficient (Wildman–Crippen LogP) is 4.04. The fourth-order valence-corrected chi connectivity index (χ4v) is 3.99. The van der Waals surface area contributed by atoms with Crippen LogP contribution in [0.5, 0.6) is 5.75 Å². The van der Waals surface area contributed by atoms with Gasteiger partial charge in [0.25, 0.3) is 5.91 Å². The Morgan fingerprint density at radius 3 is 2.64 bits per heavy atom. The summed E-state index contributed by atoms with van der Waals surface area (Å²) in [6.45, 7) is 7.66. The number of thiophene rings is 1. The van der Waals surface area contributed by atoms with Crippen molar-refractivity contribution in [2.45, 2.75) is 33.9 Å². The number of aromatic nitrogens is 2. The lowest BCUT2D eigenvalue weighted by Gasteiger charge is -2.16. The summed E-state index contributed by atoms with van der Waals surface area (Å²) < 4.78 is 2.01. The van der Waals surface area contributed by atoms with Crippen molar-refractivity contribution in [2.24, 2.45) is 5.92 Å². The summed E-state index contributed by atoms with van der Waals surface area (Å²) >= 11 is 1.51. The fourth-order valence-electron chi connectivity index (χ4n) is 2.82. The quantitative estimate of drug-likeness (QED) is 0.750. The molecule has 1 amide bonds. The maximum absolute atomic E-state index is 12.8. The van der Waals surface area contributed by atoms with E-state index in [1.807, 2.05) is 29.8 Å². The van der Waals surface area contributed by atoms with Crippen LogP contribution in [0.4, 0.5) is 0 Å². The minimum atomic E-state index is 0.00442. The number of benzene rings is 1. The van der Waals surface area contributed by atoms with Crippen LogP contribution in [0.3, 0.4) is 0 Å². The SMILES string of the molecule is Cc1nn(CC(C)C)c2sc(C(=O)N(C)Cc3ccc(O)cc3)cc12. The van der Waals surface area contributed by atoms with Gasteiger partial charge in [-0.3, -0.25) is 9.48 Å². The van der Waals surface area contributed by atoms with Gasteiger partial charge in [0.05, 0.1) is 10.6 Å². The molecule has 0 aliphatic rings. The zero-order valence-corrected chi connectivity index (χ0v) is 15.8. The molecule has 0 fully saturated rings. The summed E-state index contributed by atoms with van der Waals surface area (Å²) in [5.41, 5.74) is 1.95. The Balaban J connectivity index is 1.82. The van der Waals surface area contributed by atoms with Crippen LogP contribution in [0, 0.1) is 12.8 Å². The summed E-state index contributed by atoms with van der Waals surface area (Å²) in [5, 5.41) is 15.0. The molecule has 3 rings (SSSR count). The second-order valence-electron chi connectivity index (χ2n) is 6.82. The van der Waals surface area contributed by atoms with Crippen molar-refractivity contribution in [1.29, 1.82) is 0 Å². The molecule has 25 heavy (non-hydrogen) atoms. The van der Waals surface area contributed by atoms with Gasteiger partial charge < -0.3 is 10.0 Å². The summed E-state index contributed by atoms with van der Waals surface area (Å²) in [6.07, 6.45) is 0. The first-order valence-electron chi connectivity index (χ1n) is 8.35. The minimum absolute atomic E-state index is 0.00442. The topological polar surface area (TPSA) is 58.4 Å². The van der Waals surface area contributed by atoms with E-state index >= 15 is 0 Å². The maximum Gasteiger partial charge on any atom is 0.264 e. The lowest BCUT2D eigenvalue weighted by atomic mass is 10.2. The molecule has 1 N–H and O–H groups in total. The number of fused-ring (bicyclic) bond motifs is 1. The van der Waals surface area contributed by atoms with Crippen LogP contribution in [0.2, 0.25) is 0 Å². The largest absolute Gasteiger partial charge is 0.508 e. The van der Waals surface area contributed by atoms with Crippen molar-refractivity contribution < 1.29 is 9.90 Å². The standard InChI is InChI=1S/C19H23N3O2S/c1-12(2)10-22-19-16(13(3)20-22)9-17(25-19)18(24)21(4)11-14-5-7-15(23)8-6-14/h5-9,12,23H,10-11H2,1-4H3. The number of amides is 1. The molecule has 0 unspecified atom stereocenters. The normalized spacial score (nSPS) is 11.4. The number of aryl methyl sites for hydroxylation is 1. The molecule has 3 aromatic rings. The van der Waals surface area contributed by atoms with Crippen LogP contribution in [0.15, 0.2) is 30.3 Å². The number of hydrogen-bond donors (Lipinski definition) is 1. The van der Waals surface area contributed by atoms with Gasteiger partial charge in [0.15, 0.2) is 0 Å². The predicted molar refractivity (Wildman–Crippen MR) is 101 cm³/mol. The van der Waals surface area contributed by atoms with Gasteiger partial charge in [0.2, 0.25) is 0 Å². The van der Waals surface area contributed by atoms with Crippen molar-refractivity contribution in [2.75, 3.05) is 7.05 Å². The van der Waals surface area contributed by atoms with Crippen LogP contribution in [0.1, 0.15) is 34.8 Å². The average molecular weight is 357 g/mol. The first kappa shape index (κ1) is 17.5. The molecule has 0 atom stereocenters. The Kier molecular flexibility index (Phi) is 4.81. The van der Waals surface area contributed by atoms with Gasteiger partial charge in [0, 0.05) is 25.5 Å². The zero-order valence-electron chi connectivity index (χ0n) is 15.0. The van der Waals surface area contributed by atoms with Gasteiger partial charge in [-0.05, 0) is 36.6 Å². The summed E-state index contributed by atoms with van der Waals surface area (Å²) in [4.78, 5) is 16.3. The van der Waals surface area contributed by atoms with E-state index in [4.69, 9.17) is 0 Å². The number of phenolic OH excluding ortho intramolecular Hbond substituents is 1. The molecule has 0 bridgehead atoms. The van der Waals surface area contributed by atoms with E-state index in [1.54, 1.807) is 24.1 Å². The van der Waals surface area contributed by atoms with Crippen LogP contribution >= 0.6 is 11.3 Å². The van der Waals surface area contributed by atoms with Crippen molar-refractivity contribution in [3.05, 3.63) is 46.5 Å². The van der Waals surface area contributed by atoms with Gasteiger partial charge in [-0.1, -0.05) is 26.0 Å². The molecule has 0 radical (unpaired) electrons. The lowest BCUT2D eigenvalue weighted by Crippen LogP contribution is -2.25. The van der Waals surface area contributed by atoms with Gasteiger partial charge in [-0.2, -0.15) is 5.10 Å². The van der Waals surface area contributed by atoms with Crippen LogP contribution in [0.25, 0.3) is 10.2 Å². The molecule has 0 saturated heterocycles. The molecule has 0 aliphatic carbocycles. The first-order valence-corrected chi connectivity index (χ1v) is 9.17. The highest BCUT2D eigenvalue weighted by atomic mass is 32.1. The molecule has 2 heterocycles. The van der Waals surface area contributed by atoms with Gasteiger partial charge in [-0.15, -0.1) is 11.3 Å². The first-order chi connectivity index (χ1) is 11.8. The van der Waals surface area contributed by atoms with E-state index in [1.165, 1.54) is 11.3 Å². The Morgan fingerprint density at radius 1 is 1.32 bits per heavy atom. The van der Waals surface area contributed by atoms with E-state index in [-0.39, 0.29) is 11.7 Å². The Morgan fingerprint density at radius 2 is 2.00 bits per heavy atom. The molecule has 0 aliphatic heterocycles. The van der Waals surface area contributed by atoms with Crippen molar-refractivity contribution >= 4 is 27.5 Å². The number of nitrogens with zero attached hydrogens (tertiary/aromatic N) is 3. The smallest absolute Gasteiger partial charge is 0.264 e. The van der Waals surface area contributed by atoms with E-state index in [9.17, 15) is 9.90 Å². The van der Waals surface area contributed by atoms with Crippen molar-refractivity contribution in [3.8, 4) is 5.75 Å². The molecular formula is C19H23N3O2S. The fraction of sp³-hybridized carbons (Fsp3) is 0.368. The Hall–Kier alpha value is -2.34. The number of hydrogen-bond acceptors (Lipinski definition) is 4. The lowest BCUT2D eigenvalue weighted by molar-refractivity contribution is 0.0790. The second kappa shape index (κ2) is 6.88. The molecule has 2 aromatic heterocycles. The minimum Gasteiger partial charge on any atom is -0.508 e. The zero-order chi connectivity index (χ0) is 18.1. The van der Waals surface area contributed by atoms with E-state index in [0.717, 1.165) is 32.9 Å². The van der Waals surface area contributed by atoms with Gasteiger partial charge in [0.1, 0.15) is 10.6 Å². The molecule has 1 aromatic carbocycles. The maximum atomic E-state index is 12.8. The van der Waals surface area contributed by atoms with Crippen LogP contribution < -0.4 is 0 Å². The molecule has 0 saturated carbocycles. The Labute approximate surface area is 151 Å². The number of rotatable bonds is 5. The highest BCUT2D eigenvalue weighted by Crippen LogP contribution is 2.29. The number of phenols is 1. The third-order valence-corrected chi connectivity index (χ3v) is 5.20. The van der Waals surface area contributed by atoms with Gasteiger partial charge >= 0.3 is 0 Å². The third kappa shape index (κ3) is 3.69. The molecule has 0 spiro atoms. The van der Waals surface area contributed by atoms with Crippen LogP contribution in [-0.2, 0) is 13.1 Å². The number of carbonyl (C=O) groups excluding carboxylic acids is 1. The number of aromatic hydroxyl groups is 1. The summed E-state index contributed by atoms with van der Waals surface area (Å²) in [7, 11) is 1.80. The molecule has 5 nitrogen and oxygen atoms in total. The van der Waals surface area contributed by atoms with E-state index < -0.39 is 0 Å². The van der Waals surface area contributed by atoms with E-state index in [2.05, 4.69) is 18.9 Å². The van der Waals surface area contributed by atoms with Crippen LogP contribution in [-0.4, -0.2) is 32.7 Å². The molecular weight excluding hydrogens is 334 g/mol.